The molecule has 2 rings (SSSR count). The van der Waals surface area contributed by atoms with Gasteiger partial charge in [0.1, 0.15) is 0 Å². The molecule has 3 N–H and O–H groups in total. The van der Waals surface area contributed by atoms with Crippen molar-refractivity contribution in [2.75, 3.05) is 13.2 Å². The molecule has 0 fully saturated rings. The van der Waals surface area contributed by atoms with Crippen LogP contribution in [0.2, 0.25) is 0 Å². The molecule has 0 saturated heterocycles. The minimum atomic E-state index is -1.21. The van der Waals surface area contributed by atoms with Crippen LogP contribution < -0.4 is 5.73 Å². The van der Waals surface area contributed by atoms with Crippen molar-refractivity contribution in [3.8, 4) is 0 Å². The smallest absolute Gasteiger partial charge is 0.340 e. The van der Waals surface area contributed by atoms with Crippen LogP contribution in [0.15, 0.2) is 65.7 Å². The summed E-state index contributed by atoms with van der Waals surface area (Å²) in [5.74, 6) is -1.80. The summed E-state index contributed by atoms with van der Waals surface area (Å²) in [4.78, 5) is 27.5. The van der Waals surface area contributed by atoms with Crippen molar-refractivity contribution in [1.82, 2.24) is 0 Å². The number of nitrogens with zero attached hydrogens (tertiary/aromatic N) is 1. The molecule has 0 unspecified atom stereocenters. The maximum atomic E-state index is 12.0. The summed E-state index contributed by atoms with van der Waals surface area (Å²) in [5.41, 5.74) is 7.20. The molecule has 0 spiro atoms. The number of rotatable bonds is 6. The Morgan fingerprint density at radius 2 is 1.50 bits per heavy atom. The Hall–Kier alpha value is -2.83. The fourth-order valence-electron chi connectivity index (χ4n) is 2.05. The van der Waals surface area contributed by atoms with Crippen LogP contribution in [0.3, 0.4) is 0 Å². The number of carbonyl (C=O) groups is 2. The van der Waals surface area contributed by atoms with Gasteiger partial charge in [-0.1, -0.05) is 60.7 Å². The van der Waals surface area contributed by atoms with Crippen molar-refractivity contribution in [3.63, 3.8) is 0 Å². The Kier molecular flexibility index (Phi) is 6.36. The lowest BCUT2D eigenvalue weighted by Gasteiger charge is -2.13. The van der Waals surface area contributed by atoms with E-state index in [4.69, 9.17) is 5.73 Å². The van der Waals surface area contributed by atoms with E-state index in [9.17, 15) is 14.7 Å². The van der Waals surface area contributed by atoms with Gasteiger partial charge in [-0.05, 0) is 0 Å². The fourth-order valence-corrected chi connectivity index (χ4v) is 2.05. The van der Waals surface area contributed by atoms with E-state index in [0.717, 1.165) is 11.1 Å². The lowest BCUT2D eigenvalue weighted by atomic mass is 10.0. The predicted molar refractivity (Wildman–Crippen MR) is 89.6 cm³/mol. The van der Waals surface area contributed by atoms with Gasteiger partial charge in [-0.15, -0.1) is 0 Å². The van der Waals surface area contributed by atoms with Crippen LogP contribution in [-0.2, 0) is 14.3 Å². The normalized spacial score (nSPS) is 11.4. The van der Waals surface area contributed by atoms with Gasteiger partial charge in [0.05, 0.1) is 18.9 Å². The summed E-state index contributed by atoms with van der Waals surface area (Å²) < 4.78 is 4.56. The van der Waals surface area contributed by atoms with Gasteiger partial charge in [-0.25, -0.2) is 4.79 Å². The third kappa shape index (κ3) is 4.58. The van der Waals surface area contributed by atoms with Crippen molar-refractivity contribution in [2.24, 2.45) is 10.7 Å². The van der Waals surface area contributed by atoms with E-state index >= 15 is 0 Å². The largest absolute Gasteiger partial charge is 0.394 e. The van der Waals surface area contributed by atoms with Crippen LogP contribution in [0.25, 0.3) is 0 Å². The zero-order chi connectivity index (χ0) is 17.4. The van der Waals surface area contributed by atoms with E-state index < -0.39 is 31.1 Å². The van der Waals surface area contributed by atoms with Crippen molar-refractivity contribution >= 4 is 17.7 Å². The molecule has 0 aliphatic heterocycles. The summed E-state index contributed by atoms with van der Waals surface area (Å²) in [5, 5.41) is 9.47. The molecule has 2 aromatic carbocycles. The Morgan fingerprint density at radius 3 is 1.92 bits per heavy atom. The molecule has 1 atom stereocenters. The minimum Gasteiger partial charge on any atom is -0.394 e. The lowest BCUT2D eigenvalue weighted by molar-refractivity contribution is -0.160. The Balaban J connectivity index is 2.40. The summed E-state index contributed by atoms with van der Waals surface area (Å²) in [6.45, 7) is -1.00. The lowest BCUT2D eigenvalue weighted by Crippen LogP contribution is -2.31. The van der Waals surface area contributed by atoms with E-state index in [-0.39, 0.29) is 0 Å². The number of nitrogens with two attached hydrogens (primary N) is 1. The third-order valence-electron chi connectivity index (χ3n) is 3.21. The number of aliphatic hydroxyl groups is 1. The number of aliphatic hydroxyl groups excluding tert-OH is 1. The van der Waals surface area contributed by atoms with E-state index in [1.807, 2.05) is 60.7 Å². The molecule has 6 nitrogen and oxygen atoms in total. The third-order valence-corrected chi connectivity index (χ3v) is 3.21. The van der Waals surface area contributed by atoms with Crippen molar-refractivity contribution in [1.29, 1.82) is 0 Å². The molecular weight excluding hydrogens is 308 g/mol. The Labute approximate surface area is 139 Å². The minimum absolute atomic E-state index is 0.419. The SMILES string of the molecule is NCC(=O)OC(=O)[C@H](CO)N=C(c1ccccc1)c1ccccc1. The second kappa shape index (κ2) is 8.71. The second-order valence-electron chi connectivity index (χ2n) is 4.91. The predicted octanol–water partition coefficient (Wildman–Crippen LogP) is 0.913. The van der Waals surface area contributed by atoms with E-state index in [1.54, 1.807) is 0 Å². The molecule has 0 aromatic heterocycles. The Bertz CT molecular complexity index is 673. The zero-order valence-electron chi connectivity index (χ0n) is 13.0. The average Bonchev–Trinajstić information content (AvgIpc) is 2.63. The first-order valence-electron chi connectivity index (χ1n) is 7.39. The topological polar surface area (TPSA) is 102 Å². The molecule has 0 heterocycles. The summed E-state index contributed by atoms with van der Waals surface area (Å²) in [6.07, 6.45) is 0. The fraction of sp³-hybridized carbons (Fsp3) is 0.167. The molecule has 2 aromatic rings. The maximum absolute atomic E-state index is 12.0. The first kappa shape index (κ1) is 17.5. The Morgan fingerprint density at radius 1 is 1.00 bits per heavy atom. The van der Waals surface area contributed by atoms with E-state index in [1.165, 1.54) is 0 Å². The van der Waals surface area contributed by atoms with Crippen molar-refractivity contribution < 1.29 is 19.4 Å². The summed E-state index contributed by atoms with van der Waals surface area (Å²) >= 11 is 0. The first-order chi connectivity index (χ1) is 11.7. The number of aliphatic imine (C=N–C) groups is 1. The maximum Gasteiger partial charge on any atom is 0.340 e. The van der Waals surface area contributed by atoms with Gasteiger partial charge in [-0.2, -0.15) is 0 Å². The van der Waals surface area contributed by atoms with Gasteiger partial charge in [-0.3, -0.25) is 9.79 Å². The average molecular weight is 326 g/mol. The van der Waals surface area contributed by atoms with Gasteiger partial charge in [0.15, 0.2) is 6.04 Å². The van der Waals surface area contributed by atoms with Gasteiger partial charge in [0.2, 0.25) is 0 Å². The number of esters is 2. The number of carbonyl (C=O) groups excluding carboxylic acids is 2. The second-order valence-corrected chi connectivity index (χ2v) is 4.91. The van der Waals surface area contributed by atoms with E-state index in [0.29, 0.717) is 5.71 Å². The summed E-state index contributed by atoms with van der Waals surface area (Å²) in [7, 11) is 0. The monoisotopic (exact) mass is 326 g/mol. The summed E-state index contributed by atoms with van der Waals surface area (Å²) in [6, 6.07) is 17.3. The number of hydrogen-bond donors (Lipinski definition) is 2. The standard InChI is InChI=1S/C18H18N2O4/c19-11-16(22)24-18(23)15(12-21)20-17(13-7-3-1-4-8-13)14-9-5-2-6-10-14/h1-10,15,21H,11-12,19H2/t15-/m0/s1. The molecule has 6 heteroatoms. The van der Waals surface area contributed by atoms with Gasteiger partial charge in [0, 0.05) is 11.1 Å². The molecule has 0 aliphatic carbocycles. The molecular formula is C18H18N2O4. The van der Waals surface area contributed by atoms with Crippen LogP contribution in [0.4, 0.5) is 0 Å². The number of ether oxygens (including phenoxy) is 1. The first-order valence-corrected chi connectivity index (χ1v) is 7.39. The molecule has 124 valence electrons. The highest BCUT2D eigenvalue weighted by Gasteiger charge is 2.22. The molecule has 0 amide bonds. The quantitative estimate of drug-likeness (QED) is 0.467. The molecule has 0 bridgehead atoms. The van der Waals surface area contributed by atoms with Gasteiger partial charge < -0.3 is 15.6 Å². The van der Waals surface area contributed by atoms with Crippen LogP contribution >= 0.6 is 0 Å². The van der Waals surface area contributed by atoms with Crippen molar-refractivity contribution in [2.45, 2.75) is 6.04 Å². The van der Waals surface area contributed by atoms with Crippen LogP contribution in [0, 0.1) is 0 Å². The van der Waals surface area contributed by atoms with Crippen LogP contribution in [0.1, 0.15) is 11.1 Å². The van der Waals surface area contributed by atoms with Crippen LogP contribution in [-0.4, -0.2) is 42.0 Å². The number of hydrogen-bond acceptors (Lipinski definition) is 6. The highest BCUT2D eigenvalue weighted by Crippen LogP contribution is 2.13. The molecule has 0 aliphatic rings. The van der Waals surface area contributed by atoms with Crippen LogP contribution in [0.5, 0.6) is 0 Å². The van der Waals surface area contributed by atoms with Gasteiger partial charge in [0.25, 0.3) is 0 Å². The number of benzene rings is 2. The molecule has 0 saturated carbocycles. The van der Waals surface area contributed by atoms with E-state index in [2.05, 4.69) is 9.73 Å². The van der Waals surface area contributed by atoms with Gasteiger partial charge >= 0.3 is 11.9 Å². The molecule has 0 radical (unpaired) electrons. The molecule has 24 heavy (non-hydrogen) atoms. The highest BCUT2D eigenvalue weighted by molar-refractivity contribution is 6.13. The highest BCUT2D eigenvalue weighted by atomic mass is 16.6. The zero-order valence-corrected chi connectivity index (χ0v) is 13.0. The van der Waals surface area contributed by atoms with Crippen molar-refractivity contribution in [3.05, 3.63) is 71.8 Å².